The van der Waals surface area contributed by atoms with Crippen molar-refractivity contribution in [3.8, 4) is 11.3 Å². The summed E-state index contributed by atoms with van der Waals surface area (Å²) < 4.78 is 28.1. The Bertz CT molecular complexity index is 1280. The molecule has 1 saturated heterocycles. The van der Waals surface area contributed by atoms with Gasteiger partial charge in [0, 0.05) is 35.8 Å². The van der Waals surface area contributed by atoms with E-state index in [4.69, 9.17) is 17.3 Å². The minimum atomic E-state index is -0.923. The van der Waals surface area contributed by atoms with Crippen molar-refractivity contribution in [2.75, 3.05) is 18.8 Å². The summed E-state index contributed by atoms with van der Waals surface area (Å²) in [6, 6.07) is 8.51. The molecule has 1 aliphatic rings. The normalized spacial score (nSPS) is 15.7. The topological polar surface area (TPSA) is 122 Å². The predicted molar refractivity (Wildman–Crippen MR) is 132 cm³/mol. The van der Waals surface area contributed by atoms with Crippen LogP contribution in [0.2, 0.25) is 5.02 Å². The first kappa shape index (κ1) is 25.5. The third-order valence-electron chi connectivity index (χ3n) is 5.88. The van der Waals surface area contributed by atoms with Gasteiger partial charge in [-0.2, -0.15) is 0 Å². The van der Waals surface area contributed by atoms with Crippen molar-refractivity contribution < 1.29 is 18.4 Å². The number of rotatable bonds is 6. The van der Waals surface area contributed by atoms with Gasteiger partial charge < -0.3 is 21.7 Å². The van der Waals surface area contributed by atoms with Crippen LogP contribution in [0.1, 0.15) is 45.7 Å². The van der Waals surface area contributed by atoms with Gasteiger partial charge in [0.1, 0.15) is 11.6 Å². The standard InChI is InChI=1S/C25H25ClF2N6O2/c26-18-7-8-19(27)17(21(18)28)12-32-24(35)15-5-3-4-14(10-15)20-13-31-23(29)22(34-20)25(36)33-16-6-1-2-9-30-11-16/h3-5,7-8,10,13,16,30H,1-2,6,9,11-12H2,(H2,29,31)(H,32,35)(H,33,36)/t16-/m0/s1. The molecule has 4 rings (SSSR count). The highest BCUT2D eigenvalue weighted by atomic mass is 35.5. The number of nitrogen functional groups attached to an aromatic ring is 1. The van der Waals surface area contributed by atoms with Gasteiger partial charge in [0.05, 0.1) is 16.9 Å². The van der Waals surface area contributed by atoms with Crippen LogP contribution in [-0.2, 0) is 6.54 Å². The number of aromatic nitrogens is 2. The zero-order valence-electron chi connectivity index (χ0n) is 19.3. The summed E-state index contributed by atoms with van der Waals surface area (Å²) in [6.45, 7) is 1.19. The monoisotopic (exact) mass is 514 g/mol. The average Bonchev–Trinajstić information content (AvgIpc) is 3.15. The molecule has 2 amide bonds. The number of nitrogens with one attached hydrogen (secondary N) is 3. The molecule has 1 aromatic heterocycles. The van der Waals surface area contributed by atoms with Crippen LogP contribution in [0.4, 0.5) is 14.6 Å². The van der Waals surface area contributed by atoms with Crippen LogP contribution in [0.15, 0.2) is 42.6 Å². The third-order valence-corrected chi connectivity index (χ3v) is 6.18. The Kier molecular flexibility index (Phi) is 8.07. The fourth-order valence-electron chi connectivity index (χ4n) is 3.92. The van der Waals surface area contributed by atoms with Crippen molar-refractivity contribution in [2.24, 2.45) is 0 Å². The molecule has 3 aromatic rings. The molecule has 2 aromatic carbocycles. The second kappa shape index (κ2) is 11.4. The van der Waals surface area contributed by atoms with Crippen LogP contribution in [-0.4, -0.2) is 40.9 Å². The molecule has 0 radical (unpaired) electrons. The van der Waals surface area contributed by atoms with Gasteiger partial charge in [0.15, 0.2) is 11.5 Å². The Hall–Kier alpha value is -3.63. The first-order chi connectivity index (χ1) is 17.3. The van der Waals surface area contributed by atoms with Gasteiger partial charge >= 0.3 is 0 Å². The molecule has 36 heavy (non-hydrogen) atoms. The maximum atomic E-state index is 14.1. The fourth-order valence-corrected chi connectivity index (χ4v) is 4.10. The van der Waals surface area contributed by atoms with Crippen LogP contribution in [0.25, 0.3) is 11.3 Å². The highest BCUT2D eigenvalue weighted by Gasteiger charge is 2.20. The van der Waals surface area contributed by atoms with E-state index in [1.807, 2.05) is 0 Å². The number of benzene rings is 2. The lowest BCUT2D eigenvalue weighted by atomic mass is 10.1. The minimum Gasteiger partial charge on any atom is -0.382 e. The molecular formula is C25H25ClF2N6O2. The van der Waals surface area contributed by atoms with Crippen molar-refractivity contribution >= 4 is 29.2 Å². The van der Waals surface area contributed by atoms with Crippen LogP contribution >= 0.6 is 11.6 Å². The van der Waals surface area contributed by atoms with E-state index < -0.39 is 23.4 Å². The summed E-state index contributed by atoms with van der Waals surface area (Å²) in [6.07, 6.45) is 4.32. The Morgan fingerprint density at radius 2 is 2.00 bits per heavy atom. The molecule has 0 spiro atoms. The fraction of sp³-hybridized carbons (Fsp3) is 0.280. The van der Waals surface area contributed by atoms with E-state index in [2.05, 4.69) is 25.9 Å². The maximum Gasteiger partial charge on any atom is 0.274 e. The van der Waals surface area contributed by atoms with E-state index in [-0.39, 0.29) is 40.2 Å². The van der Waals surface area contributed by atoms with Crippen molar-refractivity contribution in [3.05, 3.63) is 76.1 Å². The number of anilines is 1. The van der Waals surface area contributed by atoms with E-state index >= 15 is 0 Å². The molecule has 11 heteroatoms. The number of carbonyl (C=O) groups excluding carboxylic acids is 2. The largest absolute Gasteiger partial charge is 0.382 e. The number of amides is 2. The second-order valence-electron chi connectivity index (χ2n) is 8.44. The maximum absolute atomic E-state index is 14.1. The molecule has 1 atom stereocenters. The molecular weight excluding hydrogens is 490 g/mol. The summed E-state index contributed by atoms with van der Waals surface area (Å²) in [5.41, 5.74) is 6.67. The number of halogens is 3. The highest BCUT2D eigenvalue weighted by Crippen LogP contribution is 2.22. The first-order valence-corrected chi connectivity index (χ1v) is 11.9. The van der Waals surface area contributed by atoms with Gasteiger partial charge in [0.2, 0.25) is 0 Å². The predicted octanol–water partition coefficient (Wildman–Crippen LogP) is 3.46. The summed E-state index contributed by atoms with van der Waals surface area (Å²) in [5, 5.41) is 8.49. The van der Waals surface area contributed by atoms with Crippen molar-refractivity contribution in [1.29, 1.82) is 0 Å². The first-order valence-electron chi connectivity index (χ1n) is 11.5. The molecule has 0 aliphatic carbocycles. The number of carbonyl (C=O) groups is 2. The van der Waals surface area contributed by atoms with Crippen molar-refractivity contribution in [2.45, 2.75) is 31.8 Å². The van der Waals surface area contributed by atoms with Gasteiger partial charge in [-0.05, 0) is 43.7 Å². The van der Waals surface area contributed by atoms with E-state index in [1.165, 1.54) is 12.3 Å². The van der Waals surface area contributed by atoms with Crippen molar-refractivity contribution in [3.63, 3.8) is 0 Å². The zero-order chi connectivity index (χ0) is 25.7. The summed E-state index contributed by atoms with van der Waals surface area (Å²) in [4.78, 5) is 34.0. The smallest absolute Gasteiger partial charge is 0.274 e. The average molecular weight is 515 g/mol. The summed E-state index contributed by atoms with van der Waals surface area (Å²) >= 11 is 5.71. The third kappa shape index (κ3) is 5.95. The number of hydrogen-bond acceptors (Lipinski definition) is 6. The second-order valence-corrected chi connectivity index (χ2v) is 8.85. The van der Waals surface area contributed by atoms with Gasteiger partial charge in [-0.25, -0.2) is 18.7 Å². The number of nitrogens with two attached hydrogens (primary N) is 1. The summed E-state index contributed by atoms with van der Waals surface area (Å²) in [5.74, 6) is -2.72. The SMILES string of the molecule is Nc1ncc(-c2cccc(C(=O)NCc3c(F)ccc(Cl)c3F)c2)nc1C(=O)N[C@H]1CCCCNC1. The lowest BCUT2D eigenvalue weighted by Crippen LogP contribution is -2.41. The Balaban J connectivity index is 1.50. The van der Waals surface area contributed by atoms with Crippen LogP contribution < -0.4 is 21.7 Å². The number of nitrogens with zero attached hydrogens (tertiary/aromatic N) is 2. The van der Waals surface area contributed by atoms with E-state index in [0.717, 1.165) is 37.9 Å². The van der Waals surface area contributed by atoms with Crippen LogP contribution in [0, 0.1) is 11.6 Å². The zero-order valence-corrected chi connectivity index (χ0v) is 20.0. The van der Waals surface area contributed by atoms with E-state index in [1.54, 1.807) is 18.2 Å². The van der Waals surface area contributed by atoms with Gasteiger partial charge in [-0.15, -0.1) is 0 Å². The molecule has 0 unspecified atom stereocenters. The molecule has 1 fully saturated rings. The lowest BCUT2D eigenvalue weighted by molar-refractivity contribution is 0.0928. The van der Waals surface area contributed by atoms with Gasteiger partial charge in [0.25, 0.3) is 11.8 Å². The van der Waals surface area contributed by atoms with Crippen LogP contribution in [0.3, 0.4) is 0 Å². The quantitative estimate of drug-likeness (QED) is 0.374. The molecule has 8 nitrogen and oxygen atoms in total. The van der Waals surface area contributed by atoms with Crippen molar-refractivity contribution in [1.82, 2.24) is 25.9 Å². The van der Waals surface area contributed by atoms with Gasteiger partial charge in [-0.3, -0.25) is 9.59 Å². The molecule has 0 saturated carbocycles. The minimum absolute atomic E-state index is 0.00138. The Morgan fingerprint density at radius 1 is 1.17 bits per heavy atom. The number of hydrogen-bond donors (Lipinski definition) is 4. The Morgan fingerprint density at radius 3 is 2.83 bits per heavy atom. The van der Waals surface area contributed by atoms with Crippen LogP contribution in [0.5, 0.6) is 0 Å². The molecule has 0 bridgehead atoms. The molecule has 5 N–H and O–H groups in total. The molecule has 188 valence electrons. The highest BCUT2D eigenvalue weighted by molar-refractivity contribution is 6.30. The van der Waals surface area contributed by atoms with E-state index in [0.29, 0.717) is 17.8 Å². The van der Waals surface area contributed by atoms with Gasteiger partial charge in [-0.1, -0.05) is 30.2 Å². The molecule has 2 heterocycles. The Labute approximate surface area is 211 Å². The summed E-state index contributed by atoms with van der Waals surface area (Å²) in [7, 11) is 0. The van der Waals surface area contributed by atoms with E-state index in [9.17, 15) is 18.4 Å². The lowest BCUT2D eigenvalue weighted by Gasteiger charge is -2.16. The molecule has 1 aliphatic heterocycles.